The largest absolute Gasteiger partial charge is 0.462 e. The van der Waals surface area contributed by atoms with Crippen LogP contribution in [0.4, 0.5) is 0 Å². The summed E-state index contributed by atoms with van der Waals surface area (Å²) in [7, 11) is 0. The van der Waals surface area contributed by atoms with Gasteiger partial charge in [0.25, 0.3) is 0 Å². The van der Waals surface area contributed by atoms with Gasteiger partial charge >= 0.3 is 23.9 Å². The number of ether oxygens (including phenoxy) is 4. The molecule has 0 aromatic rings. The highest BCUT2D eigenvalue weighted by molar-refractivity contribution is 5.85. The lowest BCUT2D eigenvalue weighted by atomic mass is 9.48. The van der Waals surface area contributed by atoms with Gasteiger partial charge in [-0.3, -0.25) is 14.4 Å². The minimum atomic E-state index is -2.50. The summed E-state index contributed by atoms with van der Waals surface area (Å²) < 4.78 is 22.8. The summed E-state index contributed by atoms with van der Waals surface area (Å²) in [6, 6.07) is 0. The van der Waals surface area contributed by atoms with Crippen molar-refractivity contribution < 1.29 is 58.2 Å². The number of ketones is 1. The molecule has 0 spiro atoms. The number of hydrogen-bond donors (Lipinski definition) is 3. The van der Waals surface area contributed by atoms with Crippen LogP contribution in [0.15, 0.2) is 11.6 Å². The zero-order chi connectivity index (χ0) is 31.2. The van der Waals surface area contributed by atoms with Gasteiger partial charge in [-0.15, -0.1) is 0 Å². The molecule has 0 bridgehead atoms. The number of carbonyl (C=O) groups is 5. The summed E-state index contributed by atoms with van der Waals surface area (Å²) in [5, 5.41) is 35.3. The molecule has 1 saturated carbocycles. The van der Waals surface area contributed by atoms with Gasteiger partial charge < -0.3 is 39.1 Å². The molecule has 1 aliphatic heterocycles. The average molecular weight is 583 g/mol. The molecule has 0 aromatic heterocycles. The second-order valence-electron chi connectivity index (χ2n) is 12.3. The molecular formula is C29H42O12. The molecule has 0 aromatic carbocycles. The average Bonchev–Trinajstić information content (AvgIpc) is 2.98. The van der Waals surface area contributed by atoms with Crippen molar-refractivity contribution in [3.8, 4) is 0 Å². The Hall–Kier alpha value is -2.83. The number of aliphatic hydroxyl groups excluding tert-OH is 1. The first-order chi connectivity index (χ1) is 18.8. The van der Waals surface area contributed by atoms with E-state index in [1.165, 1.54) is 26.8 Å². The lowest BCUT2D eigenvalue weighted by Gasteiger charge is -2.59. The smallest absolute Gasteiger partial charge is 0.341 e. The van der Waals surface area contributed by atoms with Crippen LogP contribution < -0.4 is 0 Å². The lowest BCUT2D eigenvalue weighted by molar-refractivity contribution is -0.254. The molecule has 230 valence electrons. The standard InChI is InChI=1S/C29H42O12/c1-13-9-21(38-16(4)31)25(40-18(6)33)27(7)22(39-17(5)32)12-20(34)15(3)24(27)19(11-14(2)30)29(37)23(10-13)41-26(35)28(29,8)36/h10,15,19-25,34,36-37H,9,11-12H2,1-8H3/b13-10-/t15-,19+,20-,21-,22-,23-,24+,25-,27-,28-,29-/m0/s1. The van der Waals surface area contributed by atoms with Crippen LogP contribution in [0.5, 0.6) is 0 Å². The van der Waals surface area contributed by atoms with E-state index < -0.39 is 94.6 Å². The Labute approximate surface area is 239 Å². The van der Waals surface area contributed by atoms with Crippen molar-refractivity contribution in [1.29, 1.82) is 0 Å². The van der Waals surface area contributed by atoms with E-state index in [0.717, 1.165) is 13.8 Å². The molecule has 12 heteroatoms. The highest BCUT2D eigenvalue weighted by Gasteiger charge is 2.73. The Balaban J connectivity index is 2.50. The van der Waals surface area contributed by atoms with Crippen molar-refractivity contribution >= 4 is 29.7 Å². The van der Waals surface area contributed by atoms with Crippen LogP contribution in [-0.4, -0.2) is 86.7 Å². The fourth-order valence-corrected chi connectivity index (χ4v) is 7.47. The third-order valence-electron chi connectivity index (χ3n) is 9.22. The van der Waals surface area contributed by atoms with Gasteiger partial charge in [-0.05, 0) is 38.7 Å². The van der Waals surface area contributed by atoms with Crippen molar-refractivity contribution in [2.45, 2.75) is 116 Å². The molecule has 1 heterocycles. The fourth-order valence-electron chi connectivity index (χ4n) is 7.47. The van der Waals surface area contributed by atoms with E-state index in [9.17, 15) is 39.3 Å². The second-order valence-corrected chi connectivity index (χ2v) is 12.3. The summed E-state index contributed by atoms with van der Waals surface area (Å²) in [6.07, 6.45) is -5.30. The molecule has 0 unspecified atom stereocenters. The van der Waals surface area contributed by atoms with E-state index >= 15 is 0 Å². The number of Topliss-reactive ketones (excluding diaryl/α,β-unsaturated/α-hetero) is 1. The summed E-state index contributed by atoms with van der Waals surface area (Å²) in [4.78, 5) is 63.1. The summed E-state index contributed by atoms with van der Waals surface area (Å²) in [5.74, 6) is -6.80. The van der Waals surface area contributed by atoms with Crippen molar-refractivity contribution in [3.05, 3.63) is 11.6 Å². The van der Waals surface area contributed by atoms with E-state index in [1.807, 2.05) is 0 Å². The van der Waals surface area contributed by atoms with Crippen LogP contribution in [0, 0.1) is 23.2 Å². The molecule has 0 amide bonds. The molecular weight excluding hydrogens is 540 g/mol. The number of carbonyl (C=O) groups excluding carboxylic acids is 5. The van der Waals surface area contributed by atoms with Crippen molar-refractivity contribution in [2.75, 3.05) is 0 Å². The van der Waals surface area contributed by atoms with E-state index in [2.05, 4.69) is 0 Å². The van der Waals surface area contributed by atoms with Gasteiger partial charge in [0.1, 0.15) is 29.7 Å². The summed E-state index contributed by atoms with van der Waals surface area (Å²) in [5.41, 5.74) is -5.99. The van der Waals surface area contributed by atoms with E-state index in [0.29, 0.717) is 5.57 Å². The topological polar surface area (TPSA) is 183 Å². The van der Waals surface area contributed by atoms with Gasteiger partial charge in [0, 0.05) is 51.4 Å². The molecule has 3 aliphatic rings. The van der Waals surface area contributed by atoms with Gasteiger partial charge in [-0.25, -0.2) is 4.79 Å². The van der Waals surface area contributed by atoms with Crippen molar-refractivity contribution in [2.24, 2.45) is 23.2 Å². The third kappa shape index (κ3) is 5.65. The molecule has 12 nitrogen and oxygen atoms in total. The van der Waals surface area contributed by atoms with Crippen LogP contribution in [0.1, 0.15) is 74.7 Å². The van der Waals surface area contributed by atoms with E-state index in [4.69, 9.17) is 18.9 Å². The molecule has 3 rings (SSSR count). The SMILES string of the molecule is CC(=O)C[C@@H]1[C@H]2[C@@H](C)[C@@H](O)C[C@H](OC(C)=O)[C@]2(C)[C@@H](OC(C)=O)[C@@H](OC(C)=O)C/C(C)=C\[C@@H]2OC(=O)[C@](C)(O)[C@@]21O. The third-order valence-corrected chi connectivity index (χ3v) is 9.22. The summed E-state index contributed by atoms with van der Waals surface area (Å²) >= 11 is 0. The van der Waals surface area contributed by atoms with Gasteiger partial charge in [0.15, 0.2) is 11.7 Å². The minimum Gasteiger partial charge on any atom is -0.462 e. The van der Waals surface area contributed by atoms with Crippen LogP contribution in [0.2, 0.25) is 0 Å². The van der Waals surface area contributed by atoms with Crippen LogP contribution >= 0.6 is 0 Å². The van der Waals surface area contributed by atoms with E-state index in [-0.39, 0.29) is 19.3 Å². The zero-order valence-corrected chi connectivity index (χ0v) is 24.8. The number of rotatable bonds is 5. The number of fused-ring (bicyclic) bond motifs is 2. The molecule has 3 N–H and O–H groups in total. The monoisotopic (exact) mass is 582 g/mol. The maximum atomic E-state index is 13.0. The second kappa shape index (κ2) is 11.4. The highest BCUT2D eigenvalue weighted by Crippen LogP contribution is 2.59. The first kappa shape index (κ1) is 32.7. The quantitative estimate of drug-likeness (QED) is 0.239. The fraction of sp³-hybridized carbons (Fsp3) is 0.759. The van der Waals surface area contributed by atoms with Crippen molar-refractivity contribution in [3.63, 3.8) is 0 Å². The van der Waals surface area contributed by atoms with Gasteiger partial charge in [-0.2, -0.15) is 0 Å². The molecule has 11 atom stereocenters. The first-order valence-electron chi connectivity index (χ1n) is 13.8. The first-order valence-corrected chi connectivity index (χ1v) is 13.8. The Kier molecular flexibility index (Phi) is 9.13. The minimum absolute atomic E-state index is 0.0484. The maximum Gasteiger partial charge on any atom is 0.341 e. The van der Waals surface area contributed by atoms with Gasteiger partial charge in [0.05, 0.1) is 6.10 Å². The van der Waals surface area contributed by atoms with Crippen LogP contribution in [-0.2, 0) is 42.9 Å². The number of hydrogen-bond acceptors (Lipinski definition) is 12. The predicted octanol–water partition coefficient (Wildman–Crippen LogP) is 1.16. The lowest BCUT2D eigenvalue weighted by Crippen LogP contribution is -2.70. The van der Waals surface area contributed by atoms with Gasteiger partial charge in [0.2, 0.25) is 0 Å². The molecule has 0 radical (unpaired) electrons. The van der Waals surface area contributed by atoms with Crippen LogP contribution in [0.25, 0.3) is 0 Å². The highest BCUT2D eigenvalue weighted by atomic mass is 16.6. The zero-order valence-electron chi connectivity index (χ0n) is 24.8. The molecule has 2 fully saturated rings. The Morgan fingerprint density at radius 3 is 2.07 bits per heavy atom. The van der Waals surface area contributed by atoms with Crippen molar-refractivity contribution in [1.82, 2.24) is 0 Å². The predicted molar refractivity (Wildman–Crippen MR) is 141 cm³/mol. The van der Waals surface area contributed by atoms with E-state index in [1.54, 1.807) is 20.8 Å². The van der Waals surface area contributed by atoms with Crippen LogP contribution in [0.3, 0.4) is 0 Å². The molecule has 2 aliphatic carbocycles. The summed E-state index contributed by atoms with van der Waals surface area (Å²) in [6.45, 7) is 10.8. The Morgan fingerprint density at radius 1 is 1.00 bits per heavy atom. The number of esters is 4. The van der Waals surface area contributed by atoms with Gasteiger partial charge in [-0.1, -0.05) is 19.4 Å². The normalized spacial score (nSPS) is 43.8. The maximum absolute atomic E-state index is 13.0. The number of aliphatic hydroxyl groups is 3. The molecule has 41 heavy (non-hydrogen) atoms. The Bertz CT molecular complexity index is 1130. The Morgan fingerprint density at radius 2 is 1.56 bits per heavy atom. The molecule has 1 saturated heterocycles.